The van der Waals surface area contributed by atoms with Crippen molar-refractivity contribution < 1.29 is 4.79 Å². The van der Waals surface area contributed by atoms with Crippen LogP contribution in [-0.4, -0.2) is 46.5 Å². The van der Waals surface area contributed by atoms with E-state index in [1.54, 1.807) is 29.6 Å². The summed E-state index contributed by atoms with van der Waals surface area (Å²) in [6.07, 6.45) is 5.14. The van der Waals surface area contributed by atoms with Crippen LogP contribution < -0.4 is 10.2 Å². The fraction of sp³-hybridized carbons (Fsp3) is 0.412. The molecule has 24 heavy (non-hydrogen) atoms. The standard InChI is InChI=1S/C17H22N6O/c1-17(2)11-23(14(17)12-5-8-18-9-6-12)16(24)21-15-19-10-7-13(20-15)22(3)4/h5-10,14H,11H2,1-4H3,(H,19,20,21,24). The Labute approximate surface area is 141 Å². The van der Waals surface area contributed by atoms with E-state index in [0.717, 1.165) is 11.4 Å². The number of hydrogen-bond acceptors (Lipinski definition) is 5. The monoisotopic (exact) mass is 326 g/mol. The van der Waals surface area contributed by atoms with Crippen LogP contribution >= 0.6 is 0 Å². The zero-order valence-electron chi connectivity index (χ0n) is 14.4. The van der Waals surface area contributed by atoms with Crippen LogP contribution in [0.2, 0.25) is 0 Å². The number of pyridine rings is 1. The molecule has 1 unspecified atom stereocenters. The number of nitrogens with zero attached hydrogens (tertiary/aromatic N) is 5. The first-order chi connectivity index (χ1) is 11.4. The topological polar surface area (TPSA) is 74.2 Å². The number of anilines is 2. The Morgan fingerprint density at radius 3 is 2.58 bits per heavy atom. The number of urea groups is 1. The number of carbonyl (C=O) groups is 1. The molecule has 0 aromatic carbocycles. The Balaban J connectivity index is 1.77. The minimum Gasteiger partial charge on any atom is -0.363 e. The van der Waals surface area contributed by atoms with Crippen molar-refractivity contribution >= 4 is 17.8 Å². The van der Waals surface area contributed by atoms with E-state index in [-0.39, 0.29) is 17.5 Å². The SMILES string of the molecule is CN(C)c1ccnc(NC(=O)N2CC(C)(C)C2c2ccncc2)n1. The number of hydrogen-bond donors (Lipinski definition) is 1. The molecule has 3 heterocycles. The largest absolute Gasteiger partial charge is 0.363 e. The Bertz CT molecular complexity index is 731. The van der Waals surface area contributed by atoms with E-state index in [1.165, 1.54) is 0 Å². The average Bonchev–Trinajstić information content (AvgIpc) is 2.54. The molecule has 1 N–H and O–H groups in total. The molecule has 0 aliphatic carbocycles. The first kappa shape index (κ1) is 16.2. The fourth-order valence-corrected chi connectivity index (χ4v) is 3.12. The van der Waals surface area contributed by atoms with Crippen LogP contribution in [0.1, 0.15) is 25.5 Å². The zero-order valence-corrected chi connectivity index (χ0v) is 14.4. The molecule has 2 aromatic heterocycles. The lowest BCUT2D eigenvalue weighted by Crippen LogP contribution is -2.59. The molecular weight excluding hydrogens is 304 g/mol. The predicted molar refractivity (Wildman–Crippen MR) is 92.8 cm³/mol. The minimum absolute atomic E-state index is 0.0116. The summed E-state index contributed by atoms with van der Waals surface area (Å²) in [6.45, 7) is 5.00. The van der Waals surface area contributed by atoms with Crippen LogP contribution in [-0.2, 0) is 0 Å². The van der Waals surface area contributed by atoms with E-state index >= 15 is 0 Å². The minimum atomic E-state index is -0.188. The van der Waals surface area contributed by atoms with Crippen molar-refractivity contribution in [2.24, 2.45) is 5.41 Å². The van der Waals surface area contributed by atoms with Gasteiger partial charge in [-0.1, -0.05) is 13.8 Å². The van der Waals surface area contributed by atoms with E-state index in [0.29, 0.717) is 12.5 Å². The van der Waals surface area contributed by atoms with Gasteiger partial charge in [-0.3, -0.25) is 10.3 Å². The van der Waals surface area contributed by atoms with Gasteiger partial charge >= 0.3 is 6.03 Å². The van der Waals surface area contributed by atoms with E-state index in [2.05, 4.69) is 34.1 Å². The Morgan fingerprint density at radius 1 is 1.25 bits per heavy atom. The Hall–Kier alpha value is -2.70. The molecule has 3 rings (SSSR count). The lowest BCUT2D eigenvalue weighted by molar-refractivity contribution is -0.0116. The number of nitrogens with one attached hydrogen (secondary N) is 1. The quantitative estimate of drug-likeness (QED) is 0.938. The average molecular weight is 326 g/mol. The van der Waals surface area contributed by atoms with Crippen LogP contribution in [0.15, 0.2) is 36.8 Å². The molecule has 0 spiro atoms. The summed E-state index contributed by atoms with van der Waals surface area (Å²) in [5.74, 6) is 1.05. The fourth-order valence-electron chi connectivity index (χ4n) is 3.12. The van der Waals surface area contributed by atoms with Crippen LogP contribution in [0.4, 0.5) is 16.6 Å². The van der Waals surface area contributed by atoms with Crippen molar-refractivity contribution in [3.8, 4) is 0 Å². The third-order valence-electron chi connectivity index (χ3n) is 4.23. The molecule has 1 fully saturated rings. The van der Waals surface area contributed by atoms with Gasteiger partial charge in [-0.2, -0.15) is 4.98 Å². The maximum atomic E-state index is 12.7. The summed E-state index contributed by atoms with van der Waals surface area (Å²) in [5, 5.41) is 2.80. The van der Waals surface area contributed by atoms with Crippen molar-refractivity contribution in [1.82, 2.24) is 19.9 Å². The van der Waals surface area contributed by atoms with Gasteiger partial charge in [0.05, 0.1) is 6.04 Å². The van der Waals surface area contributed by atoms with E-state index in [1.807, 2.05) is 31.1 Å². The normalized spacial score (nSPS) is 18.7. The summed E-state index contributed by atoms with van der Waals surface area (Å²) in [4.78, 5) is 28.8. The predicted octanol–water partition coefficient (Wildman–Crippen LogP) is 2.55. The van der Waals surface area contributed by atoms with Gasteiger partial charge in [-0.25, -0.2) is 9.78 Å². The van der Waals surface area contributed by atoms with Gasteiger partial charge < -0.3 is 9.80 Å². The van der Waals surface area contributed by atoms with E-state index < -0.39 is 0 Å². The number of aromatic nitrogens is 3. The first-order valence-corrected chi connectivity index (χ1v) is 7.86. The van der Waals surface area contributed by atoms with Crippen molar-refractivity contribution in [3.63, 3.8) is 0 Å². The number of amides is 2. The van der Waals surface area contributed by atoms with Crippen molar-refractivity contribution in [2.45, 2.75) is 19.9 Å². The highest BCUT2D eigenvalue weighted by atomic mass is 16.2. The third-order valence-corrected chi connectivity index (χ3v) is 4.23. The molecule has 2 amide bonds. The Kier molecular flexibility index (Phi) is 4.09. The number of rotatable bonds is 3. The van der Waals surface area contributed by atoms with E-state index in [9.17, 15) is 4.79 Å². The molecule has 1 aliphatic heterocycles. The molecular formula is C17H22N6O. The van der Waals surface area contributed by atoms with Crippen LogP contribution in [0.3, 0.4) is 0 Å². The van der Waals surface area contributed by atoms with Crippen molar-refractivity contribution in [1.29, 1.82) is 0 Å². The molecule has 0 saturated carbocycles. The second kappa shape index (κ2) is 6.07. The molecule has 1 aliphatic rings. The summed E-state index contributed by atoms with van der Waals surface area (Å²) in [7, 11) is 3.79. The highest BCUT2D eigenvalue weighted by Gasteiger charge is 2.49. The molecule has 2 aromatic rings. The Morgan fingerprint density at radius 2 is 1.96 bits per heavy atom. The maximum absolute atomic E-state index is 12.7. The van der Waals surface area contributed by atoms with Gasteiger partial charge in [0.15, 0.2) is 0 Å². The van der Waals surface area contributed by atoms with Crippen molar-refractivity contribution in [2.75, 3.05) is 30.9 Å². The molecule has 0 bridgehead atoms. The number of likely N-dealkylation sites (tertiary alicyclic amines) is 1. The van der Waals surface area contributed by atoms with Gasteiger partial charge in [-0.15, -0.1) is 0 Å². The van der Waals surface area contributed by atoms with Crippen LogP contribution in [0.25, 0.3) is 0 Å². The molecule has 7 heteroatoms. The molecule has 7 nitrogen and oxygen atoms in total. The summed E-state index contributed by atoms with van der Waals surface area (Å²) in [6, 6.07) is 5.52. The second-order valence-corrected chi connectivity index (χ2v) is 6.86. The molecule has 1 atom stereocenters. The lowest BCUT2D eigenvalue weighted by atomic mass is 9.72. The molecule has 1 saturated heterocycles. The summed E-state index contributed by atoms with van der Waals surface area (Å²) >= 11 is 0. The van der Waals surface area contributed by atoms with Crippen LogP contribution in [0, 0.1) is 5.41 Å². The maximum Gasteiger partial charge on any atom is 0.324 e. The van der Waals surface area contributed by atoms with Crippen LogP contribution in [0.5, 0.6) is 0 Å². The highest BCUT2D eigenvalue weighted by molar-refractivity contribution is 5.88. The van der Waals surface area contributed by atoms with E-state index in [4.69, 9.17) is 0 Å². The van der Waals surface area contributed by atoms with Gasteiger partial charge in [0, 0.05) is 44.6 Å². The van der Waals surface area contributed by atoms with Crippen molar-refractivity contribution in [3.05, 3.63) is 42.4 Å². The molecule has 0 radical (unpaired) electrons. The zero-order chi connectivity index (χ0) is 17.3. The number of carbonyl (C=O) groups excluding carboxylic acids is 1. The second-order valence-electron chi connectivity index (χ2n) is 6.86. The lowest BCUT2D eigenvalue weighted by Gasteiger charge is -2.54. The third kappa shape index (κ3) is 3.02. The van der Waals surface area contributed by atoms with Gasteiger partial charge in [0.1, 0.15) is 5.82 Å². The summed E-state index contributed by atoms with van der Waals surface area (Å²) in [5.41, 5.74) is 1.10. The smallest absolute Gasteiger partial charge is 0.324 e. The molecule has 126 valence electrons. The highest BCUT2D eigenvalue weighted by Crippen LogP contribution is 2.48. The van der Waals surface area contributed by atoms with Gasteiger partial charge in [0.25, 0.3) is 0 Å². The van der Waals surface area contributed by atoms with Gasteiger partial charge in [0.2, 0.25) is 5.95 Å². The summed E-state index contributed by atoms with van der Waals surface area (Å²) < 4.78 is 0. The van der Waals surface area contributed by atoms with Gasteiger partial charge in [-0.05, 0) is 23.8 Å². The first-order valence-electron chi connectivity index (χ1n) is 7.86.